The van der Waals surface area contributed by atoms with Crippen LogP contribution in [0.1, 0.15) is 24.8 Å². The molecule has 16 heavy (non-hydrogen) atoms. The third-order valence-electron chi connectivity index (χ3n) is 3.06. The first-order valence-corrected chi connectivity index (χ1v) is 6.04. The fraction of sp³-hybridized carbons (Fsp3) is 0.455. The average Bonchev–Trinajstić information content (AvgIpc) is 2.57. The average molecular weight is 286 g/mol. The van der Waals surface area contributed by atoms with Crippen LogP contribution in [0.4, 0.5) is 0 Å². The standard InChI is InChI=1S/C11H12BrNO3/c12-8-5-10-9(4-7(8)6-14-13)15-11(16-10)2-1-3-11/h4-5H,1-3,6,13H2. The first-order chi connectivity index (χ1) is 7.72. The molecule has 1 aromatic carbocycles. The number of hydrogen-bond donors (Lipinski definition) is 1. The van der Waals surface area contributed by atoms with Gasteiger partial charge in [-0.1, -0.05) is 15.9 Å². The van der Waals surface area contributed by atoms with E-state index in [4.69, 9.17) is 15.4 Å². The van der Waals surface area contributed by atoms with Gasteiger partial charge in [-0.25, -0.2) is 5.90 Å². The van der Waals surface area contributed by atoms with Crippen molar-refractivity contribution < 1.29 is 14.3 Å². The van der Waals surface area contributed by atoms with Crippen LogP contribution >= 0.6 is 15.9 Å². The second-order valence-corrected chi connectivity index (χ2v) is 5.02. The molecule has 1 spiro atoms. The molecule has 2 N–H and O–H groups in total. The van der Waals surface area contributed by atoms with Crippen LogP contribution in [0.3, 0.4) is 0 Å². The van der Waals surface area contributed by atoms with Crippen molar-refractivity contribution in [2.75, 3.05) is 0 Å². The van der Waals surface area contributed by atoms with Crippen molar-refractivity contribution in [1.82, 2.24) is 0 Å². The van der Waals surface area contributed by atoms with Gasteiger partial charge in [0.2, 0.25) is 0 Å². The van der Waals surface area contributed by atoms with Crippen molar-refractivity contribution in [3.63, 3.8) is 0 Å². The third kappa shape index (κ3) is 1.50. The zero-order valence-corrected chi connectivity index (χ0v) is 10.2. The zero-order valence-electron chi connectivity index (χ0n) is 8.66. The van der Waals surface area contributed by atoms with Gasteiger partial charge >= 0.3 is 0 Å². The molecule has 86 valence electrons. The molecular formula is C11H12BrNO3. The van der Waals surface area contributed by atoms with E-state index in [1.165, 1.54) is 0 Å². The highest BCUT2D eigenvalue weighted by atomic mass is 79.9. The third-order valence-corrected chi connectivity index (χ3v) is 3.80. The molecular weight excluding hydrogens is 274 g/mol. The van der Waals surface area contributed by atoms with Gasteiger partial charge in [0.1, 0.15) is 0 Å². The van der Waals surface area contributed by atoms with Gasteiger partial charge in [-0.2, -0.15) is 0 Å². The molecule has 1 aliphatic carbocycles. The summed E-state index contributed by atoms with van der Waals surface area (Å²) in [6, 6.07) is 3.83. The minimum atomic E-state index is -0.385. The number of fused-ring (bicyclic) bond motifs is 1. The summed E-state index contributed by atoms with van der Waals surface area (Å²) in [5, 5.41) is 0. The number of halogens is 1. The molecule has 0 unspecified atom stereocenters. The van der Waals surface area contributed by atoms with E-state index in [2.05, 4.69) is 20.8 Å². The predicted molar refractivity (Wildman–Crippen MR) is 61.0 cm³/mol. The van der Waals surface area contributed by atoms with Gasteiger partial charge in [0.15, 0.2) is 11.5 Å². The van der Waals surface area contributed by atoms with Crippen LogP contribution < -0.4 is 15.4 Å². The molecule has 0 amide bonds. The zero-order chi connectivity index (χ0) is 11.2. The van der Waals surface area contributed by atoms with E-state index in [0.717, 1.165) is 40.8 Å². The van der Waals surface area contributed by atoms with Gasteiger partial charge in [-0.15, -0.1) is 0 Å². The monoisotopic (exact) mass is 285 g/mol. The van der Waals surface area contributed by atoms with E-state index >= 15 is 0 Å². The lowest BCUT2D eigenvalue weighted by atomic mass is 9.91. The van der Waals surface area contributed by atoms with Gasteiger partial charge in [-0.3, -0.25) is 4.84 Å². The van der Waals surface area contributed by atoms with Crippen molar-refractivity contribution in [3.05, 3.63) is 22.2 Å². The molecule has 1 heterocycles. The molecule has 0 aromatic heterocycles. The summed E-state index contributed by atoms with van der Waals surface area (Å²) >= 11 is 3.46. The minimum absolute atomic E-state index is 0.351. The minimum Gasteiger partial charge on any atom is -0.448 e. The summed E-state index contributed by atoms with van der Waals surface area (Å²) in [6.45, 7) is 0.351. The Morgan fingerprint density at radius 1 is 1.31 bits per heavy atom. The quantitative estimate of drug-likeness (QED) is 0.849. The van der Waals surface area contributed by atoms with Crippen LogP contribution in [-0.4, -0.2) is 5.79 Å². The van der Waals surface area contributed by atoms with Crippen LogP contribution in [0.15, 0.2) is 16.6 Å². The highest BCUT2D eigenvalue weighted by Gasteiger charge is 2.47. The molecule has 0 saturated heterocycles. The maximum absolute atomic E-state index is 5.83. The molecule has 0 radical (unpaired) electrons. The number of ether oxygens (including phenoxy) is 2. The van der Waals surface area contributed by atoms with Gasteiger partial charge in [0.05, 0.1) is 6.61 Å². The van der Waals surface area contributed by atoms with Crippen molar-refractivity contribution in [3.8, 4) is 11.5 Å². The smallest absolute Gasteiger partial charge is 0.251 e. The second-order valence-electron chi connectivity index (χ2n) is 4.17. The Morgan fingerprint density at radius 2 is 2.00 bits per heavy atom. The Kier molecular flexibility index (Phi) is 2.34. The Bertz CT molecular complexity index is 431. The molecule has 5 heteroatoms. The Morgan fingerprint density at radius 3 is 2.56 bits per heavy atom. The SMILES string of the molecule is NOCc1cc2c(cc1Br)OC1(CCC1)O2. The molecule has 0 bridgehead atoms. The largest absolute Gasteiger partial charge is 0.448 e. The first-order valence-electron chi connectivity index (χ1n) is 5.25. The normalized spacial score (nSPS) is 19.9. The lowest BCUT2D eigenvalue weighted by Crippen LogP contribution is -2.45. The number of rotatable bonds is 2. The first kappa shape index (κ1) is 10.4. The van der Waals surface area contributed by atoms with Crippen LogP contribution in [0, 0.1) is 0 Å². The fourth-order valence-electron chi connectivity index (χ4n) is 2.03. The van der Waals surface area contributed by atoms with E-state index in [0.29, 0.717) is 6.61 Å². The molecule has 1 fully saturated rings. The summed E-state index contributed by atoms with van der Waals surface area (Å²) in [5.41, 5.74) is 0.959. The van der Waals surface area contributed by atoms with Gasteiger partial charge in [-0.05, 0) is 24.1 Å². The lowest BCUT2D eigenvalue weighted by molar-refractivity contribution is -0.138. The fourth-order valence-corrected chi connectivity index (χ4v) is 2.47. The number of hydrogen-bond acceptors (Lipinski definition) is 4. The molecule has 0 atom stereocenters. The highest BCUT2D eigenvalue weighted by Crippen LogP contribution is 2.49. The lowest BCUT2D eigenvalue weighted by Gasteiger charge is -2.35. The van der Waals surface area contributed by atoms with Gasteiger partial charge in [0, 0.05) is 17.3 Å². The van der Waals surface area contributed by atoms with Crippen LogP contribution in [0.5, 0.6) is 11.5 Å². The Balaban J connectivity index is 1.93. The predicted octanol–water partition coefficient (Wildman–Crippen LogP) is 2.49. The van der Waals surface area contributed by atoms with Crippen molar-refractivity contribution in [2.24, 2.45) is 5.90 Å². The molecule has 2 aliphatic rings. The van der Waals surface area contributed by atoms with Crippen LogP contribution in [0.2, 0.25) is 0 Å². The Hall–Kier alpha value is -0.780. The topological polar surface area (TPSA) is 53.7 Å². The number of benzene rings is 1. The molecule has 1 aromatic rings. The van der Waals surface area contributed by atoms with Crippen molar-refractivity contribution in [2.45, 2.75) is 31.7 Å². The van der Waals surface area contributed by atoms with E-state index in [1.807, 2.05) is 12.1 Å². The molecule has 1 saturated carbocycles. The maximum atomic E-state index is 5.83. The summed E-state index contributed by atoms with van der Waals surface area (Å²) in [6.07, 6.45) is 3.08. The second kappa shape index (κ2) is 3.61. The van der Waals surface area contributed by atoms with E-state index in [-0.39, 0.29) is 5.79 Å². The summed E-state index contributed by atoms with van der Waals surface area (Å²) in [7, 11) is 0. The Labute approximate surface area is 102 Å². The van der Waals surface area contributed by atoms with E-state index < -0.39 is 0 Å². The van der Waals surface area contributed by atoms with Gasteiger partial charge < -0.3 is 9.47 Å². The summed E-state index contributed by atoms with van der Waals surface area (Å²) < 4.78 is 12.6. The maximum Gasteiger partial charge on any atom is 0.251 e. The van der Waals surface area contributed by atoms with Crippen molar-refractivity contribution in [1.29, 1.82) is 0 Å². The molecule has 3 rings (SSSR count). The summed E-state index contributed by atoms with van der Waals surface area (Å²) in [4.78, 5) is 4.63. The summed E-state index contributed by atoms with van der Waals surface area (Å²) in [5.74, 6) is 6.27. The number of nitrogens with two attached hydrogens (primary N) is 1. The highest BCUT2D eigenvalue weighted by molar-refractivity contribution is 9.10. The molecule has 4 nitrogen and oxygen atoms in total. The van der Waals surface area contributed by atoms with E-state index in [1.54, 1.807) is 0 Å². The van der Waals surface area contributed by atoms with Crippen LogP contribution in [-0.2, 0) is 11.4 Å². The molecule has 1 aliphatic heterocycles. The van der Waals surface area contributed by atoms with Crippen molar-refractivity contribution >= 4 is 15.9 Å². The van der Waals surface area contributed by atoms with Crippen LogP contribution in [0.25, 0.3) is 0 Å². The van der Waals surface area contributed by atoms with E-state index in [9.17, 15) is 0 Å². The van der Waals surface area contributed by atoms with Gasteiger partial charge in [0.25, 0.3) is 5.79 Å².